The summed E-state index contributed by atoms with van der Waals surface area (Å²) in [4.78, 5) is 22.9. The number of aromatic nitrogens is 3. The summed E-state index contributed by atoms with van der Waals surface area (Å²) in [5.41, 5.74) is 3.33. The summed E-state index contributed by atoms with van der Waals surface area (Å²) < 4.78 is 2.11. The summed E-state index contributed by atoms with van der Waals surface area (Å²) in [6.07, 6.45) is 5.40. The standard InChI is InChI=1S/C20H24N4OS/c1-13-10-11-15-17(12-13)26-20(22-15)23-19(25)9-5-8-18-21-14-6-3-4-7-16(14)24(18)2/h3-4,6-7,13H,5,8-12H2,1-2H3,(H,22,23,25). The van der Waals surface area contributed by atoms with Crippen molar-refractivity contribution in [2.75, 3.05) is 5.32 Å². The van der Waals surface area contributed by atoms with E-state index in [0.717, 1.165) is 53.6 Å². The third kappa shape index (κ3) is 3.51. The molecule has 6 heteroatoms. The number of aryl methyl sites for hydroxylation is 3. The first-order valence-corrected chi connectivity index (χ1v) is 10.1. The van der Waals surface area contributed by atoms with Crippen molar-refractivity contribution in [1.29, 1.82) is 0 Å². The molecule has 2 heterocycles. The highest BCUT2D eigenvalue weighted by Gasteiger charge is 2.20. The van der Waals surface area contributed by atoms with E-state index in [-0.39, 0.29) is 5.91 Å². The number of nitrogens with zero attached hydrogens (tertiary/aromatic N) is 3. The third-order valence-electron chi connectivity index (χ3n) is 5.12. The van der Waals surface area contributed by atoms with E-state index in [4.69, 9.17) is 0 Å². The Morgan fingerprint density at radius 2 is 2.19 bits per heavy atom. The number of fused-ring (bicyclic) bond motifs is 2. The van der Waals surface area contributed by atoms with Crippen LogP contribution >= 0.6 is 11.3 Å². The van der Waals surface area contributed by atoms with Gasteiger partial charge in [0.2, 0.25) is 5.91 Å². The lowest BCUT2D eigenvalue weighted by Crippen LogP contribution is -2.12. The molecule has 1 atom stereocenters. The Morgan fingerprint density at radius 3 is 3.04 bits per heavy atom. The van der Waals surface area contributed by atoms with Crippen molar-refractivity contribution in [2.24, 2.45) is 13.0 Å². The van der Waals surface area contributed by atoms with Gasteiger partial charge >= 0.3 is 0 Å². The third-order valence-corrected chi connectivity index (χ3v) is 6.15. The Labute approximate surface area is 157 Å². The Bertz CT molecular complexity index is 943. The minimum atomic E-state index is 0.0444. The fraction of sp³-hybridized carbons (Fsp3) is 0.450. The van der Waals surface area contributed by atoms with Crippen LogP contribution in [-0.4, -0.2) is 20.4 Å². The topological polar surface area (TPSA) is 59.8 Å². The van der Waals surface area contributed by atoms with Crippen LogP contribution in [0, 0.1) is 5.92 Å². The van der Waals surface area contributed by atoms with Gasteiger partial charge < -0.3 is 9.88 Å². The summed E-state index contributed by atoms with van der Waals surface area (Å²) in [7, 11) is 2.03. The molecule has 1 aromatic carbocycles. The molecule has 4 rings (SSSR count). The Morgan fingerprint density at radius 1 is 1.35 bits per heavy atom. The number of nitrogens with one attached hydrogen (secondary N) is 1. The lowest BCUT2D eigenvalue weighted by molar-refractivity contribution is -0.116. The van der Waals surface area contributed by atoms with Gasteiger partial charge in [-0.15, -0.1) is 11.3 Å². The zero-order chi connectivity index (χ0) is 18.1. The molecule has 0 fully saturated rings. The SMILES string of the molecule is CC1CCc2nc(NC(=O)CCCc3nc4ccccc4n3C)sc2C1. The molecule has 0 radical (unpaired) electrons. The van der Waals surface area contributed by atoms with Crippen molar-refractivity contribution in [3.8, 4) is 0 Å². The lowest BCUT2D eigenvalue weighted by atomic mass is 9.93. The molecule has 3 aromatic rings. The summed E-state index contributed by atoms with van der Waals surface area (Å²) in [5, 5.41) is 3.74. The number of rotatable bonds is 5. The van der Waals surface area contributed by atoms with Gasteiger partial charge in [-0.3, -0.25) is 4.79 Å². The molecule has 26 heavy (non-hydrogen) atoms. The minimum absolute atomic E-state index is 0.0444. The Kier molecular flexibility index (Phi) is 4.76. The average molecular weight is 369 g/mol. The predicted octanol–water partition coefficient (Wildman–Crippen LogP) is 4.12. The maximum absolute atomic E-state index is 12.3. The van der Waals surface area contributed by atoms with Crippen molar-refractivity contribution in [2.45, 2.75) is 45.4 Å². The van der Waals surface area contributed by atoms with Gasteiger partial charge in [-0.25, -0.2) is 9.97 Å². The number of carbonyl (C=O) groups excluding carboxylic acids is 1. The highest BCUT2D eigenvalue weighted by atomic mass is 32.1. The van der Waals surface area contributed by atoms with Crippen LogP contribution in [0.15, 0.2) is 24.3 Å². The number of benzene rings is 1. The van der Waals surface area contributed by atoms with E-state index in [1.807, 2.05) is 25.2 Å². The van der Waals surface area contributed by atoms with Crippen LogP contribution in [0.25, 0.3) is 11.0 Å². The van der Waals surface area contributed by atoms with E-state index >= 15 is 0 Å². The quantitative estimate of drug-likeness (QED) is 0.737. The lowest BCUT2D eigenvalue weighted by Gasteiger charge is -2.15. The second-order valence-electron chi connectivity index (χ2n) is 7.21. The Hall–Kier alpha value is -2.21. The number of para-hydroxylation sites is 2. The molecule has 0 spiro atoms. The first kappa shape index (κ1) is 17.2. The van der Waals surface area contributed by atoms with Gasteiger partial charge in [-0.05, 0) is 43.7 Å². The van der Waals surface area contributed by atoms with Crippen LogP contribution in [-0.2, 0) is 31.1 Å². The number of hydrogen-bond acceptors (Lipinski definition) is 4. The minimum Gasteiger partial charge on any atom is -0.331 e. The maximum atomic E-state index is 12.3. The van der Waals surface area contributed by atoms with Gasteiger partial charge in [0, 0.05) is 24.8 Å². The highest BCUT2D eigenvalue weighted by Crippen LogP contribution is 2.32. The van der Waals surface area contributed by atoms with Gasteiger partial charge in [-0.2, -0.15) is 0 Å². The second kappa shape index (κ2) is 7.19. The van der Waals surface area contributed by atoms with Crippen LogP contribution in [0.3, 0.4) is 0 Å². The van der Waals surface area contributed by atoms with Crippen LogP contribution in [0.2, 0.25) is 0 Å². The van der Waals surface area contributed by atoms with Gasteiger partial charge in [0.05, 0.1) is 16.7 Å². The molecule has 0 aliphatic heterocycles. The number of amides is 1. The van der Waals surface area contributed by atoms with E-state index in [1.54, 1.807) is 11.3 Å². The number of carbonyl (C=O) groups is 1. The van der Waals surface area contributed by atoms with Gasteiger partial charge in [-0.1, -0.05) is 19.1 Å². The largest absolute Gasteiger partial charge is 0.331 e. The normalized spacial score (nSPS) is 16.6. The van der Waals surface area contributed by atoms with Crippen molar-refractivity contribution in [3.05, 3.63) is 40.7 Å². The molecule has 1 amide bonds. The highest BCUT2D eigenvalue weighted by molar-refractivity contribution is 7.15. The van der Waals surface area contributed by atoms with Crippen molar-refractivity contribution < 1.29 is 4.79 Å². The molecular formula is C20H24N4OS. The predicted molar refractivity (Wildman–Crippen MR) is 106 cm³/mol. The maximum Gasteiger partial charge on any atom is 0.226 e. The van der Waals surface area contributed by atoms with Gasteiger partial charge in [0.1, 0.15) is 5.82 Å². The number of anilines is 1. The van der Waals surface area contributed by atoms with Crippen LogP contribution in [0.5, 0.6) is 0 Å². The zero-order valence-electron chi connectivity index (χ0n) is 15.3. The zero-order valence-corrected chi connectivity index (χ0v) is 16.1. The molecule has 1 N–H and O–H groups in total. The molecule has 0 bridgehead atoms. The van der Waals surface area contributed by atoms with Crippen molar-refractivity contribution in [3.63, 3.8) is 0 Å². The molecule has 5 nitrogen and oxygen atoms in total. The summed E-state index contributed by atoms with van der Waals surface area (Å²) in [5.74, 6) is 1.79. The summed E-state index contributed by atoms with van der Waals surface area (Å²) in [6.45, 7) is 2.28. The molecule has 1 aliphatic rings. The number of imidazole rings is 1. The molecule has 2 aromatic heterocycles. The van der Waals surface area contributed by atoms with Crippen LogP contribution < -0.4 is 5.32 Å². The molecule has 0 saturated carbocycles. The number of thiazole rings is 1. The molecule has 136 valence electrons. The van der Waals surface area contributed by atoms with E-state index < -0.39 is 0 Å². The van der Waals surface area contributed by atoms with E-state index in [0.29, 0.717) is 6.42 Å². The Balaban J connectivity index is 1.32. The fourth-order valence-electron chi connectivity index (χ4n) is 3.60. The smallest absolute Gasteiger partial charge is 0.226 e. The van der Waals surface area contributed by atoms with Crippen molar-refractivity contribution >= 4 is 33.4 Å². The van der Waals surface area contributed by atoms with Crippen molar-refractivity contribution in [1.82, 2.24) is 14.5 Å². The van der Waals surface area contributed by atoms with Gasteiger partial charge in [0.25, 0.3) is 0 Å². The van der Waals surface area contributed by atoms with Crippen LogP contribution in [0.4, 0.5) is 5.13 Å². The second-order valence-corrected chi connectivity index (χ2v) is 8.30. The fourth-order valence-corrected chi connectivity index (χ4v) is 4.79. The number of hydrogen-bond donors (Lipinski definition) is 1. The monoisotopic (exact) mass is 368 g/mol. The van der Waals surface area contributed by atoms with Crippen LogP contribution in [0.1, 0.15) is 42.6 Å². The first-order chi connectivity index (χ1) is 12.6. The molecule has 0 saturated heterocycles. The van der Waals surface area contributed by atoms with E-state index in [9.17, 15) is 4.79 Å². The molecule has 1 unspecified atom stereocenters. The molecular weight excluding hydrogens is 344 g/mol. The van der Waals surface area contributed by atoms with Gasteiger partial charge in [0.15, 0.2) is 5.13 Å². The average Bonchev–Trinajstić information content (AvgIpc) is 3.15. The first-order valence-electron chi connectivity index (χ1n) is 9.29. The van der Waals surface area contributed by atoms with E-state index in [1.165, 1.54) is 17.0 Å². The summed E-state index contributed by atoms with van der Waals surface area (Å²) >= 11 is 1.64. The summed E-state index contributed by atoms with van der Waals surface area (Å²) in [6, 6.07) is 8.12. The molecule has 1 aliphatic carbocycles. The van der Waals surface area contributed by atoms with E-state index in [2.05, 4.69) is 32.8 Å².